The number of hydrogen-bond acceptors (Lipinski definition) is 6. The summed E-state index contributed by atoms with van der Waals surface area (Å²) in [7, 11) is 0. The molecule has 0 bridgehead atoms. The molecule has 7 heteroatoms. The third-order valence-corrected chi connectivity index (χ3v) is 4.80. The average molecular weight is 382 g/mol. The third kappa shape index (κ3) is 5.46. The fourth-order valence-corrected chi connectivity index (χ4v) is 3.38. The molecule has 3 rings (SSSR count). The zero-order chi connectivity index (χ0) is 19.1. The molecule has 2 aromatic carbocycles. The zero-order valence-electron chi connectivity index (χ0n) is 14.6. The van der Waals surface area contributed by atoms with Crippen LogP contribution in [0.5, 0.6) is 0 Å². The lowest BCUT2D eigenvalue weighted by Crippen LogP contribution is -2.23. The highest BCUT2D eigenvalue weighted by Gasteiger charge is 2.24. The number of anilines is 1. The van der Waals surface area contributed by atoms with Crippen LogP contribution in [-0.4, -0.2) is 23.6 Å². The number of esters is 1. The first-order valence-corrected chi connectivity index (χ1v) is 9.16. The lowest BCUT2D eigenvalue weighted by molar-refractivity contribution is -0.146. The van der Waals surface area contributed by atoms with E-state index in [4.69, 9.17) is 9.26 Å². The predicted molar refractivity (Wildman–Crippen MR) is 102 cm³/mol. The summed E-state index contributed by atoms with van der Waals surface area (Å²) in [4.78, 5) is 25.6. The number of amides is 1. The van der Waals surface area contributed by atoms with Crippen LogP contribution >= 0.6 is 11.8 Å². The number of nitrogens with one attached hydrogen (secondary N) is 1. The second-order valence-corrected chi connectivity index (χ2v) is 6.88. The van der Waals surface area contributed by atoms with Crippen molar-refractivity contribution in [3.05, 3.63) is 78.1 Å². The third-order valence-electron chi connectivity index (χ3n) is 3.55. The fourth-order valence-electron chi connectivity index (χ4n) is 2.33. The van der Waals surface area contributed by atoms with Crippen LogP contribution in [0.15, 0.2) is 76.1 Å². The molecule has 1 N–H and O–H groups in total. The fraction of sp³-hybridized carbons (Fsp3) is 0.150. The molecule has 1 unspecified atom stereocenters. The molecule has 0 saturated heterocycles. The first kappa shape index (κ1) is 18.7. The van der Waals surface area contributed by atoms with E-state index < -0.39 is 23.7 Å². The highest BCUT2D eigenvalue weighted by atomic mass is 32.2. The monoisotopic (exact) mass is 382 g/mol. The maximum absolute atomic E-state index is 12.7. The molecule has 0 aliphatic carbocycles. The van der Waals surface area contributed by atoms with E-state index >= 15 is 0 Å². The summed E-state index contributed by atoms with van der Waals surface area (Å²) in [5, 5.41) is 5.62. The van der Waals surface area contributed by atoms with Crippen molar-refractivity contribution in [2.45, 2.75) is 17.1 Å². The van der Waals surface area contributed by atoms with Crippen LogP contribution in [0.1, 0.15) is 16.6 Å². The van der Waals surface area contributed by atoms with E-state index in [1.54, 1.807) is 13.0 Å². The number of ether oxygens (including phenoxy) is 1. The summed E-state index contributed by atoms with van der Waals surface area (Å²) in [5.74, 6) is -0.104. The molecule has 0 aliphatic rings. The molecule has 0 saturated carbocycles. The SMILES string of the molecule is Cc1cc(NC(=O)COC(=O)C(Sc2ccccc2)c2ccccc2)no1. The van der Waals surface area contributed by atoms with E-state index in [0.717, 1.165) is 10.5 Å². The summed E-state index contributed by atoms with van der Waals surface area (Å²) in [6.45, 7) is 1.32. The quantitative estimate of drug-likeness (QED) is 0.491. The smallest absolute Gasteiger partial charge is 0.324 e. The minimum Gasteiger partial charge on any atom is -0.454 e. The molecule has 0 aliphatic heterocycles. The number of thioether (sulfide) groups is 1. The van der Waals surface area contributed by atoms with E-state index in [9.17, 15) is 9.59 Å². The number of carbonyl (C=O) groups is 2. The number of hydrogen-bond donors (Lipinski definition) is 1. The van der Waals surface area contributed by atoms with Gasteiger partial charge in [0.1, 0.15) is 11.0 Å². The largest absolute Gasteiger partial charge is 0.454 e. The Hall–Kier alpha value is -3.06. The summed E-state index contributed by atoms with van der Waals surface area (Å²) in [6, 6.07) is 20.5. The van der Waals surface area contributed by atoms with Crippen molar-refractivity contribution in [1.29, 1.82) is 0 Å². The Morgan fingerprint density at radius 3 is 2.41 bits per heavy atom. The average Bonchev–Trinajstić information content (AvgIpc) is 3.10. The van der Waals surface area contributed by atoms with Crippen molar-refractivity contribution < 1.29 is 18.8 Å². The Kier molecular flexibility index (Phi) is 6.27. The molecule has 1 amide bonds. The Morgan fingerprint density at radius 1 is 1.11 bits per heavy atom. The normalized spacial score (nSPS) is 11.6. The minimum absolute atomic E-state index is 0.284. The molecule has 0 fully saturated rings. The van der Waals surface area contributed by atoms with Gasteiger partial charge in [0.15, 0.2) is 12.4 Å². The lowest BCUT2D eigenvalue weighted by atomic mass is 10.1. The number of benzene rings is 2. The van der Waals surface area contributed by atoms with Gasteiger partial charge in [-0.25, -0.2) is 0 Å². The molecule has 138 valence electrons. The number of rotatable bonds is 7. The summed E-state index contributed by atoms with van der Waals surface area (Å²) < 4.78 is 10.1. The minimum atomic E-state index is -0.573. The van der Waals surface area contributed by atoms with Crippen molar-refractivity contribution in [3.63, 3.8) is 0 Å². The van der Waals surface area contributed by atoms with Crippen LogP contribution in [0.25, 0.3) is 0 Å². The molecule has 1 aromatic heterocycles. The van der Waals surface area contributed by atoms with Gasteiger partial charge in [0.2, 0.25) is 0 Å². The molecule has 6 nitrogen and oxygen atoms in total. The van der Waals surface area contributed by atoms with Gasteiger partial charge in [-0.2, -0.15) is 0 Å². The Balaban J connectivity index is 1.64. The van der Waals surface area contributed by atoms with Gasteiger partial charge >= 0.3 is 5.97 Å². The Labute approximate surface area is 160 Å². The van der Waals surface area contributed by atoms with Crippen LogP contribution in [0.4, 0.5) is 5.82 Å². The van der Waals surface area contributed by atoms with Crippen LogP contribution in [0.2, 0.25) is 0 Å². The van der Waals surface area contributed by atoms with Gasteiger partial charge < -0.3 is 14.6 Å². The van der Waals surface area contributed by atoms with Gasteiger partial charge in [0.25, 0.3) is 5.91 Å². The molecule has 0 radical (unpaired) electrons. The van der Waals surface area contributed by atoms with E-state index in [-0.39, 0.29) is 5.82 Å². The van der Waals surface area contributed by atoms with Crippen molar-refractivity contribution in [3.8, 4) is 0 Å². The van der Waals surface area contributed by atoms with Crippen molar-refractivity contribution in [1.82, 2.24) is 5.16 Å². The zero-order valence-corrected chi connectivity index (χ0v) is 15.4. The number of aromatic nitrogens is 1. The Morgan fingerprint density at radius 2 is 1.78 bits per heavy atom. The van der Waals surface area contributed by atoms with E-state index in [2.05, 4.69) is 10.5 Å². The van der Waals surface area contributed by atoms with Crippen LogP contribution in [0, 0.1) is 6.92 Å². The first-order valence-electron chi connectivity index (χ1n) is 8.28. The predicted octanol–water partition coefficient (Wildman–Crippen LogP) is 4.00. The van der Waals surface area contributed by atoms with Crippen molar-refractivity contribution in [2.75, 3.05) is 11.9 Å². The van der Waals surface area contributed by atoms with Crippen molar-refractivity contribution >= 4 is 29.5 Å². The molecule has 1 atom stereocenters. The second-order valence-electron chi connectivity index (χ2n) is 5.70. The first-order chi connectivity index (χ1) is 13.1. The molecular formula is C20H18N2O4S. The van der Waals surface area contributed by atoms with Crippen LogP contribution < -0.4 is 5.32 Å². The second kappa shape index (κ2) is 9.05. The Bertz CT molecular complexity index is 897. The molecular weight excluding hydrogens is 364 g/mol. The highest BCUT2D eigenvalue weighted by molar-refractivity contribution is 8.00. The summed E-state index contributed by atoms with van der Waals surface area (Å²) in [6.07, 6.45) is 0. The molecule has 1 heterocycles. The van der Waals surface area contributed by atoms with Crippen LogP contribution in [0.3, 0.4) is 0 Å². The van der Waals surface area contributed by atoms with Gasteiger partial charge in [0, 0.05) is 11.0 Å². The van der Waals surface area contributed by atoms with Gasteiger partial charge in [-0.3, -0.25) is 9.59 Å². The summed E-state index contributed by atoms with van der Waals surface area (Å²) >= 11 is 1.38. The van der Waals surface area contributed by atoms with E-state index in [1.807, 2.05) is 60.7 Å². The van der Waals surface area contributed by atoms with Crippen LogP contribution in [-0.2, 0) is 14.3 Å². The van der Waals surface area contributed by atoms with Gasteiger partial charge in [-0.1, -0.05) is 53.7 Å². The number of nitrogens with zero attached hydrogens (tertiary/aromatic N) is 1. The maximum Gasteiger partial charge on any atom is 0.324 e. The molecule has 0 spiro atoms. The number of carbonyl (C=O) groups excluding carboxylic acids is 2. The standard InChI is InChI=1S/C20H18N2O4S/c1-14-12-17(22-26-14)21-18(23)13-25-20(24)19(15-8-4-2-5-9-15)27-16-10-6-3-7-11-16/h2-12,19H,13H2,1H3,(H,21,22,23). The van der Waals surface area contributed by atoms with E-state index in [1.165, 1.54) is 11.8 Å². The van der Waals surface area contributed by atoms with Crippen molar-refractivity contribution in [2.24, 2.45) is 0 Å². The van der Waals surface area contributed by atoms with Gasteiger partial charge in [0.05, 0.1) is 0 Å². The van der Waals surface area contributed by atoms with Gasteiger partial charge in [-0.15, -0.1) is 11.8 Å². The maximum atomic E-state index is 12.7. The lowest BCUT2D eigenvalue weighted by Gasteiger charge is -2.16. The summed E-state index contributed by atoms with van der Waals surface area (Å²) in [5.41, 5.74) is 0.809. The highest BCUT2D eigenvalue weighted by Crippen LogP contribution is 2.36. The molecule has 3 aromatic rings. The van der Waals surface area contributed by atoms with E-state index in [0.29, 0.717) is 5.76 Å². The number of aryl methyl sites for hydroxylation is 1. The van der Waals surface area contributed by atoms with Gasteiger partial charge in [-0.05, 0) is 24.6 Å². The molecule has 27 heavy (non-hydrogen) atoms. The topological polar surface area (TPSA) is 81.4 Å².